The molecular weight excluding hydrogens is 534 g/mol. The Morgan fingerprint density at radius 3 is 2.26 bits per heavy atom. The van der Waals surface area contributed by atoms with Crippen LogP contribution < -0.4 is 4.74 Å². The van der Waals surface area contributed by atoms with Crippen LogP contribution in [-0.4, -0.2) is 28.5 Å². The van der Waals surface area contributed by atoms with E-state index in [1.807, 2.05) is 24.4 Å². The summed E-state index contributed by atoms with van der Waals surface area (Å²) in [6, 6.07) is 29.6. The number of aromatic nitrogens is 2. The molecule has 2 heterocycles. The van der Waals surface area contributed by atoms with Gasteiger partial charge in [0.1, 0.15) is 11.6 Å². The van der Waals surface area contributed by atoms with Crippen molar-refractivity contribution < 1.29 is 4.74 Å². The Kier molecular flexibility index (Phi) is 7.39. The fourth-order valence-electron chi connectivity index (χ4n) is 5.41. The first-order valence-electron chi connectivity index (χ1n) is 13.4. The average molecular weight is 567 g/mol. The van der Waals surface area contributed by atoms with Crippen LogP contribution in [0.3, 0.4) is 0 Å². The molecule has 38 heavy (non-hydrogen) atoms. The molecule has 0 amide bonds. The first-order chi connectivity index (χ1) is 18.7. The highest BCUT2D eigenvalue weighted by Crippen LogP contribution is 2.37. The molecule has 0 N–H and O–H groups in total. The zero-order chi connectivity index (χ0) is 25.9. The molecule has 1 aliphatic carbocycles. The van der Waals surface area contributed by atoms with E-state index in [-0.39, 0.29) is 6.10 Å². The van der Waals surface area contributed by atoms with Crippen LogP contribution in [0.25, 0.3) is 21.9 Å². The largest absolute Gasteiger partial charge is 0.478 e. The van der Waals surface area contributed by atoms with Crippen molar-refractivity contribution in [2.45, 2.75) is 37.2 Å². The van der Waals surface area contributed by atoms with Crippen molar-refractivity contribution >= 4 is 37.9 Å². The summed E-state index contributed by atoms with van der Waals surface area (Å²) >= 11 is 3.62. The second-order valence-electron chi connectivity index (χ2n) is 10.4. The summed E-state index contributed by atoms with van der Waals surface area (Å²) in [6.07, 6.45) is 5.62. The van der Waals surface area contributed by atoms with Crippen LogP contribution in [0.1, 0.15) is 47.6 Å². The van der Waals surface area contributed by atoms with Crippen molar-refractivity contribution in [2.24, 2.45) is 5.92 Å². The molecule has 1 saturated carbocycles. The maximum Gasteiger partial charge on any atom is 0.160 e. The number of hydrogen-bond donors (Lipinski definition) is 0. The summed E-state index contributed by atoms with van der Waals surface area (Å²) in [5.41, 5.74) is 6.18. The molecule has 4 nitrogen and oxygen atoms in total. The Balaban J connectivity index is 1.49. The average Bonchev–Trinajstić information content (AvgIpc) is 2.94. The first kappa shape index (κ1) is 25.0. The van der Waals surface area contributed by atoms with Gasteiger partial charge in [-0.3, -0.25) is 0 Å². The highest BCUT2D eigenvalue weighted by Gasteiger charge is 2.23. The minimum absolute atomic E-state index is 0.252. The summed E-state index contributed by atoms with van der Waals surface area (Å²) in [4.78, 5) is 12.2. The number of rotatable bonds is 9. The van der Waals surface area contributed by atoms with Gasteiger partial charge in [-0.25, -0.2) is 9.97 Å². The zero-order valence-corrected chi connectivity index (χ0v) is 23.3. The van der Waals surface area contributed by atoms with Gasteiger partial charge < -0.3 is 9.64 Å². The third kappa shape index (κ3) is 5.18. The van der Waals surface area contributed by atoms with Crippen molar-refractivity contribution in [3.8, 4) is 5.75 Å². The fraction of sp³-hybridized carbons (Fsp3) is 0.273. The van der Waals surface area contributed by atoms with E-state index in [0.29, 0.717) is 0 Å². The SMILES string of the molecule is CN(Cc1ccc2cc3c(CBr)ccnc3nc2c1OC(c1ccccc1)c1ccccc1)CC1CCC1. The molecule has 5 aromatic rings. The third-order valence-electron chi connectivity index (χ3n) is 7.64. The Morgan fingerprint density at radius 1 is 0.921 bits per heavy atom. The maximum atomic E-state index is 7.06. The quantitative estimate of drug-likeness (QED) is 0.134. The number of pyridine rings is 2. The first-order valence-corrected chi connectivity index (χ1v) is 14.5. The highest BCUT2D eigenvalue weighted by atomic mass is 79.9. The molecule has 0 saturated heterocycles. The number of nitrogens with zero attached hydrogens (tertiary/aromatic N) is 3. The molecule has 0 radical (unpaired) electrons. The van der Waals surface area contributed by atoms with E-state index in [4.69, 9.17) is 9.72 Å². The fourth-order valence-corrected chi connectivity index (χ4v) is 5.90. The number of halogens is 1. The third-order valence-corrected chi connectivity index (χ3v) is 8.24. The van der Waals surface area contributed by atoms with Gasteiger partial charge in [0.15, 0.2) is 11.4 Å². The Labute approximate surface area is 232 Å². The lowest BCUT2D eigenvalue weighted by molar-refractivity contribution is 0.195. The predicted octanol–water partition coefficient (Wildman–Crippen LogP) is 8.08. The van der Waals surface area contributed by atoms with Crippen molar-refractivity contribution in [1.82, 2.24) is 14.9 Å². The maximum absolute atomic E-state index is 7.06. The molecule has 1 aliphatic rings. The smallest absolute Gasteiger partial charge is 0.160 e. The topological polar surface area (TPSA) is 38.2 Å². The van der Waals surface area contributed by atoms with E-state index in [1.165, 1.54) is 24.8 Å². The number of alkyl halides is 1. The summed E-state index contributed by atoms with van der Waals surface area (Å²) in [6.45, 7) is 1.92. The second-order valence-corrected chi connectivity index (χ2v) is 11.0. The van der Waals surface area contributed by atoms with Crippen LogP contribution in [0.15, 0.2) is 91.1 Å². The molecule has 0 bridgehead atoms. The molecule has 3 aromatic carbocycles. The zero-order valence-electron chi connectivity index (χ0n) is 21.7. The molecule has 5 heteroatoms. The predicted molar refractivity (Wildman–Crippen MR) is 159 cm³/mol. The number of ether oxygens (including phenoxy) is 1. The van der Waals surface area contributed by atoms with Crippen LogP contribution >= 0.6 is 15.9 Å². The van der Waals surface area contributed by atoms with E-state index >= 15 is 0 Å². The molecule has 0 aliphatic heterocycles. The van der Waals surface area contributed by atoms with Crippen LogP contribution in [0.5, 0.6) is 5.75 Å². The van der Waals surface area contributed by atoms with Crippen LogP contribution in [0.2, 0.25) is 0 Å². The summed E-state index contributed by atoms with van der Waals surface area (Å²) in [7, 11) is 2.22. The van der Waals surface area contributed by atoms with Crippen LogP contribution in [0, 0.1) is 5.92 Å². The van der Waals surface area contributed by atoms with E-state index in [1.54, 1.807) is 0 Å². The standard InChI is InChI=1S/C33H32BrN3O/c1-37(21-23-9-8-10-23)22-28-16-15-26-19-29-27(20-34)17-18-35-33(29)36-30(26)32(28)38-31(24-11-4-2-5-12-24)25-13-6-3-7-14-25/h2-7,11-19,23,31H,8-10,20-22H2,1H3. The van der Waals surface area contributed by atoms with Gasteiger partial charge in [0, 0.05) is 41.0 Å². The summed E-state index contributed by atoms with van der Waals surface area (Å²) in [5.74, 6) is 1.65. The van der Waals surface area contributed by atoms with Gasteiger partial charge in [-0.1, -0.05) is 95.1 Å². The van der Waals surface area contributed by atoms with E-state index in [0.717, 1.165) is 68.7 Å². The van der Waals surface area contributed by atoms with Crippen molar-refractivity contribution in [1.29, 1.82) is 0 Å². The minimum Gasteiger partial charge on any atom is -0.478 e. The van der Waals surface area contributed by atoms with Gasteiger partial charge >= 0.3 is 0 Å². The molecule has 192 valence electrons. The molecule has 0 unspecified atom stereocenters. The Hall–Kier alpha value is -3.28. The van der Waals surface area contributed by atoms with Gasteiger partial charge in [-0.15, -0.1) is 0 Å². The van der Waals surface area contributed by atoms with Gasteiger partial charge in [0.05, 0.1) is 0 Å². The highest BCUT2D eigenvalue weighted by molar-refractivity contribution is 9.08. The van der Waals surface area contributed by atoms with E-state index in [9.17, 15) is 0 Å². The molecule has 0 atom stereocenters. The molecule has 0 spiro atoms. The molecular formula is C33H32BrN3O. The van der Waals surface area contributed by atoms with Crippen molar-refractivity contribution in [3.05, 3.63) is 113 Å². The normalized spacial score (nSPS) is 13.9. The summed E-state index contributed by atoms with van der Waals surface area (Å²) in [5, 5.41) is 2.89. The van der Waals surface area contributed by atoms with Crippen LogP contribution in [0.4, 0.5) is 0 Å². The van der Waals surface area contributed by atoms with Gasteiger partial charge in [0.2, 0.25) is 0 Å². The lowest BCUT2D eigenvalue weighted by atomic mass is 9.85. The van der Waals surface area contributed by atoms with Gasteiger partial charge in [-0.05, 0) is 54.6 Å². The Bertz CT molecular complexity index is 1500. The van der Waals surface area contributed by atoms with Crippen molar-refractivity contribution in [3.63, 3.8) is 0 Å². The number of fused-ring (bicyclic) bond motifs is 2. The number of hydrogen-bond acceptors (Lipinski definition) is 4. The lowest BCUT2D eigenvalue weighted by Crippen LogP contribution is -2.29. The monoisotopic (exact) mass is 565 g/mol. The molecule has 2 aromatic heterocycles. The number of benzene rings is 3. The van der Waals surface area contributed by atoms with Crippen LogP contribution in [-0.2, 0) is 11.9 Å². The molecule has 6 rings (SSSR count). The van der Waals surface area contributed by atoms with E-state index < -0.39 is 0 Å². The van der Waals surface area contributed by atoms with Gasteiger partial charge in [0.25, 0.3) is 0 Å². The lowest BCUT2D eigenvalue weighted by Gasteiger charge is -2.31. The minimum atomic E-state index is -0.252. The molecule has 1 fully saturated rings. The Morgan fingerprint density at radius 2 is 1.63 bits per heavy atom. The van der Waals surface area contributed by atoms with Gasteiger partial charge in [-0.2, -0.15) is 0 Å². The van der Waals surface area contributed by atoms with E-state index in [2.05, 4.69) is 99.6 Å². The second kappa shape index (κ2) is 11.2. The summed E-state index contributed by atoms with van der Waals surface area (Å²) < 4.78 is 7.06. The van der Waals surface area contributed by atoms with Crippen molar-refractivity contribution in [2.75, 3.05) is 13.6 Å².